The maximum atomic E-state index is 15.9. The summed E-state index contributed by atoms with van der Waals surface area (Å²) in [6, 6.07) is 13.7. The number of amides is 1. The average Bonchev–Trinajstić information content (AvgIpc) is 3.26. The molecule has 0 radical (unpaired) electrons. The topological polar surface area (TPSA) is 253 Å². The highest BCUT2D eigenvalue weighted by Crippen LogP contribution is 2.65. The molecular formula is C49H62N2O15. The standard InChI is InChI=1S/C49H62N2O15/c1-9-10-13-22-35(54)51-37(30-18-14-11-15-19-30)38(55)45(59)63-32-24-49(60)42(65-44(58)31-20-16-12-17-21-31)40-47(8,41(56)39(62-28(4)52)36(26(32)2)46(49,6)7)33(64-43(57)27(3)50)23-34-48(40,25-61-34)66-29(5)53/h11-12,14-21,27,32-34,37-40,42,55,60H,9-10,13,22-25,50H2,1-8H3,(H,51,54)/t27?,32-,33-,34?,37?,38-,39+,40?,42?,47+,48-,49+/m0/s1. The third kappa shape index (κ3) is 9.02. The van der Waals surface area contributed by atoms with Crippen LogP contribution in [0.2, 0.25) is 0 Å². The van der Waals surface area contributed by atoms with Gasteiger partial charge >= 0.3 is 29.8 Å². The second-order valence-electron chi connectivity index (χ2n) is 18.7. The molecule has 3 fully saturated rings. The Kier molecular flexibility index (Phi) is 14.7. The first-order valence-electron chi connectivity index (χ1n) is 22.5. The Labute approximate surface area is 384 Å². The van der Waals surface area contributed by atoms with Gasteiger partial charge in [-0.3, -0.25) is 24.0 Å². The SMILES string of the molecule is CCCCCC(=O)NC(c1ccccc1)[C@H](O)C(=O)O[C@H]1C[C@@]2(O)C(OC(=O)c3ccccc3)C3[C@]4(OC(C)=O)COC4C[C@H](OC(=O)C(C)N)[C@@]3(C)C(=O)[C@H](OC(C)=O)C(=C1C)C2(C)C. The summed E-state index contributed by atoms with van der Waals surface area (Å²) in [5.74, 6) is -7.74. The zero-order chi connectivity index (χ0) is 48.5. The highest BCUT2D eigenvalue weighted by molar-refractivity contribution is 5.96. The van der Waals surface area contributed by atoms with E-state index in [0.29, 0.717) is 12.0 Å². The molecule has 5 unspecified atom stereocenters. The summed E-state index contributed by atoms with van der Waals surface area (Å²) in [6.07, 6.45) is -8.27. The highest BCUT2D eigenvalue weighted by atomic mass is 16.6. The van der Waals surface area contributed by atoms with Crippen molar-refractivity contribution in [3.8, 4) is 0 Å². The van der Waals surface area contributed by atoms with Gasteiger partial charge in [0.1, 0.15) is 36.1 Å². The van der Waals surface area contributed by atoms with Crippen LogP contribution in [0.25, 0.3) is 0 Å². The first-order valence-corrected chi connectivity index (χ1v) is 22.5. The molecule has 3 aliphatic carbocycles. The third-order valence-corrected chi connectivity index (χ3v) is 14.1. The van der Waals surface area contributed by atoms with E-state index < -0.39 is 125 Å². The molecule has 2 aromatic carbocycles. The number of hydrogen-bond acceptors (Lipinski definition) is 16. The Morgan fingerprint density at radius 1 is 0.894 bits per heavy atom. The number of ether oxygens (including phenoxy) is 6. The number of nitrogens with one attached hydrogen (secondary N) is 1. The molecule has 17 nitrogen and oxygen atoms in total. The van der Waals surface area contributed by atoms with Crippen LogP contribution in [0.3, 0.4) is 0 Å². The minimum Gasteiger partial charge on any atom is -0.460 e. The predicted octanol–water partition coefficient (Wildman–Crippen LogP) is 3.90. The van der Waals surface area contributed by atoms with E-state index in [-0.39, 0.29) is 36.2 Å². The van der Waals surface area contributed by atoms with Crippen LogP contribution in [0.15, 0.2) is 71.8 Å². The van der Waals surface area contributed by atoms with Gasteiger partial charge < -0.3 is 49.7 Å². The van der Waals surface area contributed by atoms with Crippen LogP contribution in [0.4, 0.5) is 0 Å². The smallest absolute Gasteiger partial charge is 0.338 e. The Hall–Kier alpha value is -5.49. The number of unbranched alkanes of at least 4 members (excludes halogenated alkanes) is 2. The fourth-order valence-corrected chi connectivity index (χ4v) is 10.5. The summed E-state index contributed by atoms with van der Waals surface area (Å²) >= 11 is 0. The van der Waals surface area contributed by atoms with Crippen molar-refractivity contribution in [2.24, 2.45) is 22.5 Å². The molecule has 1 saturated heterocycles. The van der Waals surface area contributed by atoms with Gasteiger partial charge in [0.25, 0.3) is 0 Å². The number of Topliss-reactive ketones (excluding diaryl/α,β-unsaturated/α-hetero) is 1. The predicted molar refractivity (Wildman–Crippen MR) is 234 cm³/mol. The van der Waals surface area contributed by atoms with Gasteiger partial charge in [-0.05, 0) is 56.0 Å². The van der Waals surface area contributed by atoms with Crippen molar-refractivity contribution in [1.82, 2.24) is 5.32 Å². The number of carbonyl (C=O) groups excluding carboxylic acids is 7. The van der Waals surface area contributed by atoms with E-state index >= 15 is 4.79 Å². The van der Waals surface area contributed by atoms with Crippen LogP contribution in [-0.4, -0.2) is 112 Å². The number of aliphatic hydroxyl groups excluding tert-OH is 1. The Morgan fingerprint density at radius 3 is 2.09 bits per heavy atom. The van der Waals surface area contributed by atoms with E-state index in [1.807, 2.05) is 6.92 Å². The number of benzene rings is 2. The van der Waals surface area contributed by atoms with E-state index in [9.17, 15) is 39.0 Å². The van der Waals surface area contributed by atoms with Crippen LogP contribution in [0.5, 0.6) is 0 Å². The number of aliphatic hydroxyl groups is 2. The summed E-state index contributed by atoms with van der Waals surface area (Å²) in [5.41, 5.74) is -1.58. The van der Waals surface area contributed by atoms with Crippen molar-refractivity contribution >= 4 is 41.5 Å². The van der Waals surface area contributed by atoms with Gasteiger partial charge in [-0.1, -0.05) is 82.1 Å². The Morgan fingerprint density at radius 2 is 1.53 bits per heavy atom. The molecule has 358 valence electrons. The lowest BCUT2D eigenvalue weighted by molar-refractivity contribution is -0.346. The Bertz CT molecular complexity index is 2230. The van der Waals surface area contributed by atoms with Crippen molar-refractivity contribution in [3.05, 3.63) is 82.9 Å². The lowest BCUT2D eigenvalue weighted by atomic mass is 9.44. The molecule has 2 bridgehead atoms. The molecule has 0 spiro atoms. The minimum atomic E-state index is -2.44. The molecule has 17 heteroatoms. The maximum absolute atomic E-state index is 15.9. The van der Waals surface area contributed by atoms with E-state index in [1.54, 1.807) is 62.4 Å². The van der Waals surface area contributed by atoms with Crippen LogP contribution < -0.4 is 11.1 Å². The fourth-order valence-electron chi connectivity index (χ4n) is 10.5. The molecule has 2 aromatic rings. The van der Waals surface area contributed by atoms with Crippen molar-refractivity contribution in [2.45, 2.75) is 154 Å². The third-order valence-electron chi connectivity index (χ3n) is 14.1. The van der Waals surface area contributed by atoms with E-state index in [4.69, 9.17) is 34.2 Å². The first kappa shape index (κ1) is 49.9. The highest BCUT2D eigenvalue weighted by Gasteiger charge is 2.79. The van der Waals surface area contributed by atoms with Crippen molar-refractivity contribution < 1.29 is 72.2 Å². The fraction of sp³-hybridized carbons (Fsp3) is 0.571. The normalized spacial score (nSPS) is 31.1. The second kappa shape index (κ2) is 19.4. The quantitative estimate of drug-likeness (QED) is 0.0856. The van der Waals surface area contributed by atoms with Gasteiger partial charge in [-0.2, -0.15) is 0 Å². The van der Waals surface area contributed by atoms with E-state index in [2.05, 4.69) is 5.32 Å². The average molecular weight is 919 g/mol. The van der Waals surface area contributed by atoms with Gasteiger partial charge in [0.05, 0.1) is 29.5 Å². The lowest BCUT2D eigenvalue weighted by Gasteiger charge is -2.67. The number of carbonyl (C=O) groups is 7. The van der Waals surface area contributed by atoms with Crippen LogP contribution in [-0.2, 0) is 57.2 Å². The molecule has 1 aliphatic heterocycles. The van der Waals surface area contributed by atoms with Gasteiger partial charge in [0.2, 0.25) is 5.91 Å². The van der Waals surface area contributed by atoms with Crippen LogP contribution in [0.1, 0.15) is 116 Å². The molecule has 1 heterocycles. The summed E-state index contributed by atoms with van der Waals surface area (Å²) in [6.45, 7) is 11.3. The Balaban J connectivity index is 1.57. The van der Waals surface area contributed by atoms with Crippen molar-refractivity contribution in [1.29, 1.82) is 0 Å². The number of rotatable bonds is 15. The van der Waals surface area contributed by atoms with Crippen molar-refractivity contribution in [2.75, 3.05) is 6.61 Å². The van der Waals surface area contributed by atoms with Crippen molar-refractivity contribution in [3.63, 3.8) is 0 Å². The van der Waals surface area contributed by atoms with Gasteiger partial charge in [0.15, 0.2) is 23.6 Å². The van der Waals surface area contributed by atoms with Gasteiger partial charge in [0, 0.05) is 38.5 Å². The van der Waals surface area contributed by atoms with Crippen LogP contribution in [0, 0.1) is 16.7 Å². The molecule has 1 amide bonds. The molecule has 5 N–H and O–H groups in total. The zero-order valence-corrected chi connectivity index (χ0v) is 38.7. The number of esters is 5. The largest absolute Gasteiger partial charge is 0.460 e. The second-order valence-corrected chi connectivity index (χ2v) is 18.7. The molecule has 0 aromatic heterocycles. The maximum Gasteiger partial charge on any atom is 0.338 e. The summed E-state index contributed by atoms with van der Waals surface area (Å²) < 4.78 is 36.8. The molecule has 2 saturated carbocycles. The molecule has 4 aliphatic rings. The van der Waals surface area contributed by atoms with Crippen LogP contribution >= 0.6 is 0 Å². The monoisotopic (exact) mass is 918 g/mol. The summed E-state index contributed by atoms with van der Waals surface area (Å²) in [4.78, 5) is 97.8. The number of fused-ring (bicyclic) bond motifs is 5. The van der Waals surface area contributed by atoms with Gasteiger partial charge in [-0.25, -0.2) is 9.59 Å². The molecule has 6 rings (SSSR count). The van der Waals surface area contributed by atoms with Gasteiger partial charge in [-0.15, -0.1) is 0 Å². The minimum absolute atomic E-state index is 0.0289. The first-order chi connectivity index (χ1) is 31.0. The number of hydrogen-bond donors (Lipinski definition) is 4. The number of nitrogens with two attached hydrogens (primary N) is 1. The van der Waals surface area contributed by atoms with E-state index in [0.717, 1.165) is 26.7 Å². The van der Waals surface area contributed by atoms with E-state index in [1.165, 1.54) is 32.9 Å². The zero-order valence-electron chi connectivity index (χ0n) is 38.7. The molecule has 66 heavy (non-hydrogen) atoms. The lowest BCUT2D eigenvalue weighted by Crippen LogP contribution is -2.82. The summed E-state index contributed by atoms with van der Waals surface area (Å²) in [5, 5.41) is 28.4. The summed E-state index contributed by atoms with van der Waals surface area (Å²) in [7, 11) is 0. The molecular weight excluding hydrogens is 857 g/mol. The molecule has 12 atom stereocenters. The number of ketones is 1.